The van der Waals surface area contributed by atoms with Gasteiger partial charge in [-0.05, 0) is 52.5 Å². The van der Waals surface area contributed by atoms with Crippen molar-refractivity contribution < 1.29 is 4.39 Å². The molecule has 2 aliphatic rings. The Balaban J connectivity index is 1.90. The van der Waals surface area contributed by atoms with Crippen molar-refractivity contribution in [3.63, 3.8) is 0 Å². The van der Waals surface area contributed by atoms with Gasteiger partial charge in [-0.3, -0.25) is 4.90 Å². The predicted octanol–water partition coefficient (Wildman–Crippen LogP) is 3.53. The van der Waals surface area contributed by atoms with Gasteiger partial charge in [-0.1, -0.05) is 13.3 Å². The molecule has 1 saturated heterocycles. The first-order valence-electron chi connectivity index (χ1n) is 6.41. The van der Waals surface area contributed by atoms with Crippen molar-refractivity contribution in [2.45, 2.75) is 76.0 Å². The highest BCUT2D eigenvalue weighted by atomic mass is 19.1. The van der Waals surface area contributed by atoms with Crippen LogP contribution in [0.3, 0.4) is 0 Å². The molecule has 1 saturated carbocycles. The first kappa shape index (κ1) is 11.4. The molecule has 0 aromatic carbocycles. The van der Waals surface area contributed by atoms with Crippen LogP contribution in [0.1, 0.15) is 58.8 Å². The Morgan fingerprint density at radius 2 is 1.87 bits per heavy atom. The highest BCUT2D eigenvalue weighted by molar-refractivity contribution is 5.07. The minimum absolute atomic E-state index is 0.380. The average molecular weight is 213 g/mol. The third-order valence-electron chi connectivity index (χ3n) is 4.76. The van der Waals surface area contributed by atoms with Crippen LogP contribution in [0.25, 0.3) is 0 Å². The van der Waals surface area contributed by atoms with Crippen LogP contribution in [0, 0.1) is 0 Å². The van der Waals surface area contributed by atoms with E-state index in [9.17, 15) is 4.39 Å². The molecule has 15 heavy (non-hydrogen) atoms. The molecule has 1 heterocycles. The van der Waals surface area contributed by atoms with E-state index in [0.717, 1.165) is 31.7 Å². The van der Waals surface area contributed by atoms with Gasteiger partial charge < -0.3 is 0 Å². The van der Waals surface area contributed by atoms with Crippen LogP contribution in [0.4, 0.5) is 4.39 Å². The molecule has 1 unspecified atom stereocenters. The highest BCUT2D eigenvalue weighted by Crippen LogP contribution is 2.49. The van der Waals surface area contributed by atoms with Crippen molar-refractivity contribution >= 4 is 0 Å². The van der Waals surface area contributed by atoms with Gasteiger partial charge in [0, 0.05) is 11.6 Å². The van der Waals surface area contributed by atoms with Gasteiger partial charge in [0.1, 0.15) is 5.67 Å². The van der Waals surface area contributed by atoms with Gasteiger partial charge in [0.25, 0.3) is 0 Å². The van der Waals surface area contributed by atoms with E-state index < -0.39 is 5.67 Å². The van der Waals surface area contributed by atoms with Crippen LogP contribution in [-0.4, -0.2) is 29.2 Å². The Bertz CT molecular complexity index is 227. The van der Waals surface area contributed by atoms with Crippen LogP contribution in [0.5, 0.6) is 0 Å². The van der Waals surface area contributed by atoms with Crippen LogP contribution < -0.4 is 0 Å². The molecule has 0 amide bonds. The second-order valence-electron chi connectivity index (χ2n) is 5.90. The topological polar surface area (TPSA) is 3.24 Å². The first-order valence-corrected chi connectivity index (χ1v) is 6.41. The van der Waals surface area contributed by atoms with E-state index in [-0.39, 0.29) is 0 Å². The number of hydrogen-bond donors (Lipinski definition) is 0. The standard InChI is InChI=1S/C13H24FN/c1-4-5-11-10-13(15(11)3)8-6-12(2,14)7-9-13/h11H,4-10H2,1-3H3. The summed E-state index contributed by atoms with van der Waals surface area (Å²) in [4.78, 5) is 2.53. The van der Waals surface area contributed by atoms with Gasteiger partial charge in [-0.25, -0.2) is 4.39 Å². The molecular weight excluding hydrogens is 189 g/mol. The molecule has 1 aliphatic heterocycles. The number of nitrogens with zero attached hydrogens (tertiary/aromatic N) is 1. The van der Waals surface area contributed by atoms with Crippen molar-refractivity contribution in [3.8, 4) is 0 Å². The van der Waals surface area contributed by atoms with Crippen LogP contribution in [0.2, 0.25) is 0 Å². The minimum Gasteiger partial charge on any atom is -0.298 e. The molecule has 0 N–H and O–H groups in total. The number of halogens is 1. The Hall–Kier alpha value is -0.110. The van der Waals surface area contributed by atoms with Gasteiger partial charge in [-0.15, -0.1) is 0 Å². The van der Waals surface area contributed by atoms with Crippen molar-refractivity contribution in [1.29, 1.82) is 0 Å². The summed E-state index contributed by atoms with van der Waals surface area (Å²) >= 11 is 0. The Kier molecular flexibility index (Phi) is 2.83. The molecule has 1 spiro atoms. The van der Waals surface area contributed by atoms with E-state index in [1.807, 2.05) is 0 Å². The van der Waals surface area contributed by atoms with Crippen molar-refractivity contribution in [1.82, 2.24) is 4.90 Å². The van der Waals surface area contributed by atoms with E-state index in [1.165, 1.54) is 19.3 Å². The van der Waals surface area contributed by atoms with Gasteiger partial charge in [0.05, 0.1) is 0 Å². The van der Waals surface area contributed by atoms with Crippen molar-refractivity contribution in [2.24, 2.45) is 0 Å². The fourth-order valence-corrected chi connectivity index (χ4v) is 3.42. The summed E-state index contributed by atoms with van der Waals surface area (Å²) in [6.45, 7) is 4.01. The van der Waals surface area contributed by atoms with Crippen molar-refractivity contribution in [2.75, 3.05) is 7.05 Å². The van der Waals surface area contributed by atoms with Gasteiger partial charge >= 0.3 is 0 Å². The van der Waals surface area contributed by atoms with E-state index in [2.05, 4.69) is 18.9 Å². The highest BCUT2D eigenvalue weighted by Gasteiger charge is 2.52. The van der Waals surface area contributed by atoms with Crippen molar-refractivity contribution in [3.05, 3.63) is 0 Å². The molecule has 2 fully saturated rings. The molecule has 2 heteroatoms. The predicted molar refractivity (Wildman–Crippen MR) is 61.8 cm³/mol. The lowest BCUT2D eigenvalue weighted by Gasteiger charge is -2.60. The quantitative estimate of drug-likeness (QED) is 0.678. The summed E-state index contributed by atoms with van der Waals surface area (Å²) in [5.41, 5.74) is -0.507. The molecule has 1 atom stereocenters. The maximum absolute atomic E-state index is 13.7. The molecule has 0 aromatic heterocycles. The normalized spacial score (nSPS) is 46.8. The van der Waals surface area contributed by atoms with Crippen LogP contribution in [0.15, 0.2) is 0 Å². The molecular formula is C13H24FN. The van der Waals surface area contributed by atoms with Gasteiger partial charge in [-0.2, -0.15) is 0 Å². The smallest absolute Gasteiger partial charge is 0.108 e. The SMILES string of the molecule is CCCC1CC2(CCC(C)(F)CC2)N1C. The fraction of sp³-hybridized carbons (Fsp3) is 1.00. The van der Waals surface area contributed by atoms with E-state index in [0.29, 0.717) is 5.54 Å². The third kappa shape index (κ3) is 1.93. The summed E-state index contributed by atoms with van der Waals surface area (Å²) in [6.07, 6.45) is 7.55. The zero-order valence-corrected chi connectivity index (χ0v) is 10.4. The molecule has 2 rings (SSSR count). The van der Waals surface area contributed by atoms with E-state index in [1.54, 1.807) is 6.92 Å². The second kappa shape index (κ2) is 3.73. The molecule has 0 aromatic rings. The maximum Gasteiger partial charge on any atom is 0.108 e. The third-order valence-corrected chi connectivity index (χ3v) is 4.76. The van der Waals surface area contributed by atoms with Crippen LogP contribution in [-0.2, 0) is 0 Å². The van der Waals surface area contributed by atoms with Crippen LogP contribution >= 0.6 is 0 Å². The Morgan fingerprint density at radius 3 is 2.33 bits per heavy atom. The minimum atomic E-state index is -0.887. The largest absolute Gasteiger partial charge is 0.298 e. The summed E-state index contributed by atoms with van der Waals surface area (Å²) in [5, 5.41) is 0. The number of hydrogen-bond acceptors (Lipinski definition) is 1. The summed E-state index contributed by atoms with van der Waals surface area (Å²) in [5.74, 6) is 0. The monoisotopic (exact) mass is 213 g/mol. The lowest BCUT2D eigenvalue weighted by atomic mass is 9.65. The lowest BCUT2D eigenvalue weighted by molar-refractivity contribution is -0.101. The van der Waals surface area contributed by atoms with Gasteiger partial charge in [0.15, 0.2) is 0 Å². The average Bonchev–Trinajstić information content (AvgIpc) is 2.20. The Morgan fingerprint density at radius 1 is 1.27 bits per heavy atom. The van der Waals surface area contributed by atoms with E-state index >= 15 is 0 Å². The molecule has 0 bridgehead atoms. The summed E-state index contributed by atoms with van der Waals surface area (Å²) < 4.78 is 13.7. The maximum atomic E-state index is 13.7. The second-order valence-corrected chi connectivity index (χ2v) is 5.90. The van der Waals surface area contributed by atoms with E-state index in [4.69, 9.17) is 0 Å². The summed E-state index contributed by atoms with van der Waals surface area (Å²) in [6, 6.07) is 0.777. The molecule has 1 nitrogen and oxygen atoms in total. The first-order chi connectivity index (χ1) is 6.99. The number of likely N-dealkylation sites (tertiary alicyclic amines) is 1. The fourth-order valence-electron chi connectivity index (χ4n) is 3.42. The Labute approximate surface area is 93.0 Å². The van der Waals surface area contributed by atoms with Gasteiger partial charge in [0.2, 0.25) is 0 Å². The zero-order chi connectivity index (χ0) is 11.1. The number of rotatable bonds is 2. The lowest BCUT2D eigenvalue weighted by Crippen LogP contribution is -2.65. The molecule has 0 radical (unpaired) electrons. The zero-order valence-electron chi connectivity index (χ0n) is 10.4. The summed E-state index contributed by atoms with van der Waals surface area (Å²) in [7, 11) is 2.24. The molecule has 1 aliphatic carbocycles. The molecule has 88 valence electrons. The number of alkyl halides is 1.